The quantitative estimate of drug-likeness (QED) is 0.261. The molecule has 0 aliphatic carbocycles. The Bertz CT molecular complexity index is 1390. The lowest BCUT2D eigenvalue weighted by Gasteiger charge is -2.12. The van der Waals surface area contributed by atoms with Gasteiger partial charge in [0, 0.05) is 17.9 Å². The van der Waals surface area contributed by atoms with E-state index in [-0.39, 0.29) is 0 Å². The number of nitrogens with one attached hydrogen (secondary N) is 1. The number of ether oxygens (including phenoxy) is 2. The molecule has 0 radical (unpaired) electrons. The van der Waals surface area contributed by atoms with E-state index in [1.54, 1.807) is 0 Å². The summed E-state index contributed by atoms with van der Waals surface area (Å²) in [6.45, 7) is 3.16. The number of aryl methyl sites for hydroxylation is 1. The molecule has 2 aromatic heterocycles. The van der Waals surface area contributed by atoms with E-state index >= 15 is 0 Å². The Morgan fingerprint density at radius 3 is 2.39 bits per heavy atom. The number of nitrogens with zero attached hydrogens (tertiary/aromatic N) is 4. The number of tetrazole rings is 1. The van der Waals surface area contributed by atoms with Gasteiger partial charge in [-0.15, -0.1) is 10.2 Å². The minimum Gasteiger partial charge on any atom is -0.489 e. The van der Waals surface area contributed by atoms with Crippen molar-refractivity contribution in [3.05, 3.63) is 108 Å². The number of pyridine rings is 1. The van der Waals surface area contributed by atoms with Gasteiger partial charge in [-0.3, -0.25) is 0 Å². The Balaban J connectivity index is 1.10. The number of H-pyrrole nitrogens is 1. The normalized spacial score (nSPS) is 11.9. The van der Waals surface area contributed by atoms with Crippen molar-refractivity contribution < 1.29 is 9.47 Å². The van der Waals surface area contributed by atoms with Crippen LogP contribution < -0.4 is 9.47 Å². The highest BCUT2D eigenvalue weighted by Crippen LogP contribution is 2.22. The SMILES string of the molecule is CC(CCc1nn[nH]n1)Cc1ccc(COc2cccc(OCc3ccc4ccccc4n3)c2)cc1. The summed E-state index contributed by atoms with van der Waals surface area (Å²) in [7, 11) is 0. The number of aromatic nitrogens is 5. The molecule has 2 heterocycles. The zero-order chi connectivity index (χ0) is 24.6. The van der Waals surface area contributed by atoms with Gasteiger partial charge in [0.05, 0.1) is 11.2 Å². The van der Waals surface area contributed by atoms with Crippen LogP contribution in [0.4, 0.5) is 0 Å². The Morgan fingerprint density at radius 1 is 0.806 bits per heavy atom. The van der Waals surface area contributed by atoms with Crippen LogP contribution in [0, 0.1) is 5.92 Å². The Labute approximate surface area is 210 Å². The molecule has 0 amide bonds. The fraction of sp³-hybridized carbons (Fsp3) is 0.241. The van der Waals surface area contributed by atoms with Crippen LogP contribution in [0.3, 0.4) is 0 Å². The summed E-state index contributed by atoms with van der Waals surface area (Å²) < 4.78 is 12.0. The lowest BCUT2D eigenvalue weighted by atomic mass is 9.96. The van der Waals surface area contributed by atoms with E-state index in [1.165, 1.54) is 5.56 Å². The van der Waals surface area contributed by atoms with E-state index in [0.29, 0.717) is 19.1 Å². The maximum atomic E-state index is 6.02. The second-order valence-corrected chi connectivity index (χ2v) is 9.04. The summed E-state index contributed by atoms with van der Waals surface area (Å²) in [5.74, 6) is 2.85. The highest BCUT2D eigenvalue weighted by atomic mass is 16.5. The Kier molecular flexibility index (Phi) is 7.46. The molecule has 182 valence electrons. The number of aromatic amines is 1. The van der Waals surface area contributed by atoms with Gasteiger partial charge in [0.2, 0.25) is 0 Å². The van der Waals surface area contributed by atoms with E-state index in [1.807, 2.05) is 48.5 Å². The summed E-state index contributed by atoms with van der Waals surface area (Å²) in [5.41, 5.74) is 4.31. The number of para-hydroxylation sites is 1. The standard InChI is InChI=1S/C29H29N5O2/c1-21(9-16-29-31-33-34-32-29)17-22-10-12-23(13-11-22)19-35-26-6-4-7-27(18-26)36-20-25-15-14-24-5-2-3-8-28(24)30-25/h2-8,10-15,18,21H,9,16-17,19-20H2,1H3,(H,31,32,33,34). The van der Waals surface area contributed by atoms with Crippen molar-refractivity contribution in [3.8, 4) is 11.5 Å². The lowest BCUT2D eigenvalue weighted by molar-refractivity contribution is 0.288. The molecule has 0 fully saturated rings. The fourth-order valence-electron chi connectivity index (χ4n) is 4.11. The largest absolute Gasteiger partial charge is 0.489 e. The highest BCUT2D eigenvalue weighted by molar-refractivity contribution is 5.78. The number of benzene rings is 3. The topological polar surface area (TPSA) is 85.8 Å². The number of hydrogen-bond donors (Lipinski definition) is 1. The van der Waals surface area contributed by atoms with Gasteiger partial charge in [-0.2, -0.15) is 5.21 Å². The van der Waals surface area contributed by atoms with E-state index in [0.717, 1.165) is 58.7 Å². The van der Waals surface area contributed by atoms with E-state index in [9.17, 15) is 0 Å². The third kappa shape index (κ3) is 6.44. The molecule has 7 heteroatoms. The minimum atomic E-state index is 0.406. The molecule has 3 aromatic carbocycles. The lowest BCUT2D eigenvalue weighted by Crippen LogP contribution is -2.03. The Morgan fingerprint density at radius 2 is 1.58 bits per heavy atom. The van der Waals surface area contributed by atoms with Crippen LogP contribution in [-0.2, 0) is 26.1 Å². The van der Waals surface area contributed by atoms with Crippen molar-refractivity contribution in [2.45, 2.75) is 39.4 Å². The maximum absolute atomic E-state index is 6.02. The van der Waals surface area contributed by atoms with Crippen molar-refractivity contribution in [3.63, 3.8) is 0 Å². The Hall–Kier alpha value is -4.26. The average Bonchev–Trinajstić information content (AvgIpc) is 3.44. The van der Waals surface area contributed by atoms with Gasteiger partial charge in [0.15, 0.2) is 5.82 Å². The van der Waals surface area contributed by atoms with Crippen LogP contribution in [0.2, 0.25) is 0 Å². The molecule has 0 saturated heterocycles. The van der Waals surface area contributed by atoms with Gasteiger partial charge in [-0.05, 0) is 54.2 Å². The predicted molar refractivity (Wildman–Crippen MR) is 139 cm³/mol. The summed E-state index contributed by atoms with van der Waals surface area (Å²) in [6, 6.07) is 28.5. The first kappa shape index (κ1) is 23.5. The van der Waals surface area contributed by atoms with Gasteiger partial charge >= 0.3 is 0 Å². The molecule has 5 aromatic rings. The third-order valence-corrected chi connectivity index (χ3v) is 6.11. The maximum Gasteiger partial charge on any atom is 0.174 e. The van der Waals surface area contributed by atoms with E-state index in [2.05, 4.69) is 68.9 Å². The van der Waals surface area contributed by atoms with Crippen molar-refractivity contribution in [2.75, 3.05) is 0 Å². The highest BCUT2D eigenvalue weighted by Gasteiger charge is 2.07. The summed E-state index contributed by atoms with van der Waals surface area (Å²) in [5, 5.41) is 15.3. The van der Waals surface area contributed by atoms with E-state index in [4.69, 9.17) is 9.47 Å². The van der Waals surface area contributed by atoms with Gasteiger partial charge in [0.1, 0.15) is 24.7 Å². The first-order valence-electron chi connectivity index (χ1n) is 12.2. The second kappa shape index (κ2) is 11.4. The van der Waals surface area contributed by atoms with Crippen LogP contribution in [0.5, 0.6) is 11.5 Å². The first-order valence-corrected chi connectivity index (χ1v) is 12.2. The van der Waals surface area contributed by atoms with Crippen molar-refractivity contribution in [1.82, 2.24) is 25.6 Å². The molecular weight excluding hydrogens is 450 g/mol. The summed E-state index contributed by atoms with van der Waals surface area (Å²) in [6.07, 6.45) is 2.88. The van der Waals surface area contributed by atoms with Crippen LogP contribution in [0.15, 0.2) is 84.9 Å². The molecule has 36 heavy (non-hydrogen) atoms. The molecule has 0 aliphatic heterocycles. The zero-order valence-electron chi connectivity index (χ0n) is 20.3. The average molecular weight is 480 g/mol. The molecule has 0 spiro atoms. The molecule has 7 nitrogen and oxygen atoms in total. The molecule has 0 saturated carbocycles. The van der Waals surface area contributed by atoms with Gasteiger partial charge in [-0.25, -0.2) is 4.98 Å². The number of fused-ring (bicyclic) bond motifs is 1. The van der Waals surface area contributed by atoms with Gasteiger partial charge in [0.25, 0.3) is 0 Å². The second-order valence-electron chi connectivity index (χ2n) is 9.04. The summed E-state index contributed by atoms with van der Waals surface area (Å²) in [4.78, 5) is 4.67. The van der Waals surface area contributed by atoms with Crippen molar-refractivity contribution >= 4 is 10.9 Å². The predicted octanol–water partition coefficient (Wildman–Crippen LogP) is 5.72. The van der Waals surface area contributed by atoms with Crippen LogP contribution in [0.1, 0.15) is 36.0 Å². The smallest absolute Gasteiger partial charge is 0.174 e. The van der Waals surface area contributed by atoms with Crippen molar-refractivity contribution in [1.29, 1.82) is 0 Å². The van der Waals surface area contributed by atoms with Crippen LogP contribution >= 0.6 is 0 Å². The molecular formula is C29H29N5O2. The van der Waals surface area contributed by atoms with Crippen molar-refractivity contribution in [2.24, 2.45) is 5.92 Å². The zero-order valence-corrected chi connectivity index (χ0v) is 20.3. The van der Waals surface area contributed by atoms with Crippen LogP contribution in [-0.4, -0.2) is 25.6 Å². The number of rotatable bonds is 11. The molecule has 5 rings (SSSR count). The van der Waals surface area contributed by atoms with Crippen LogP contribution in [0.25, 0.3) is 10.9 Å². The molecule has 0 aliphatic rings. The molecule has 1 unspecified atom stereocenters. The van der Waals surface area contributed by atoms with E-state index < -0.39 is 0 Å². The molecule has 1 atom stereocenters. The number of hydrogen-bond acceptors (Lipinski definition) is 6. The molecule has 1 N–H and O–H groups in total. The molecule has 0 bridgehead atoms. The summed E-state index contributed by atoms with van der Waals surface area (Å²) >= 11 is 0. The first-order chi connectivity index (χ1) is 17.7. The van der Waals surface area contributed by atoms with Gasteiger partial charge < -0.3 is 9.47 Å². The third-order valence-electron chi connectivity index (χ3n) is 6.11. The minimum absolute atomic E-state index is 0.406. The monoisotopic (exact) mass is 479 g/mol. The van der Waals surface area contributed by atoms with Gasteiger partial charge in [-0.1, -0.05) is 66.7 Å². The fourth-order valence-corrected chi connectivity index (χ4v) is 4.11.